The van der Waals surface area contributed by atoms with Crippen LogP contribution in [0.3, 0.4) is 0 Å². The van der Waals surface area contributed by atoms with Crippen LogP contribution in [0, 0.1) is 17.3 Å². The van der Waals surface area contributed by atoms with E-state index >= 15 is 0 Å². The Labute approximate surface area is 115 Å². The van der Waals surface area contributed by atoms with Gasteiger partial charge in [0.15, 0.2) is 0 Å². The van der Waals surface area contributed by atoms with Gasteiger partial charge in [0, 0.05) is 18.5 Å². The summed E-state index contributed by atoms with van der Waals surface area (Å²) in [5.41, 5.74) is -0.554. The van der Waals surface area contributed by atoms with Crippen molar-refractivity contribution in [2.45, 2.75) is 31.0 Å². The van der Waals surface area contributed by atoms with Crippen molar-refractivity contribution in [2.24, 2.45) is 17.3 Å². The smallest absolute Gasteiger partial charge is 0.318 e. The fourth-order valence-electron chi connectivity index (χ4n) is 4.15. The lowest BCUT2D eigenvalue weighted by Gasteiger charge is -2.34. The Morgan fingerprint density at radius 3 is 2.75 bits per heavy atom. The molecule has 0 spiro atoms. The molecule has 2 heterocycles. The Bertz CT molecular complexity index is 483. The predicted octanol–water partition coefficient (Wildman–Crippen LogP) is -0.749. The maximum Gasteiger partial charge on any atom is 0.318 e. The van der Waals surface area contributed by atoms with Crippen LogP contribution in [0.1, 0.15) is 12.8 Å². The quantitative estimate of drug-likeness (QED) is 0.619. The molecule has 2 saturated carbocycles. The second-order valence-corrected chi connectivity index (χ2v) is 6.52. The van der Waals surface area contributed by atoms with Gasteiger partial charge < -0.3 is 25.2 Å². The highest BCUT2D eigenvalue weighted by molar-refractivity contribution is 5.82. The second kappa shape index (κ2) is 3.85. The van der Waals surface area contributed by atoms with E-state index < -0.39 is 17.5 Å². The first-order valence-electron chi connectivity index (χ1n) is 7.09. The topological polar surface area (TPSA) is 99.1 Å². The van der Waals surface area contributed by atoms with E-state index in [1.165, 1.54) is 0 Å². The van der Waals surface area contributed by atoms with Gasteiger partial charge in [-0.2, -0.15) is 0 Å². The molecule has 2 aliphatic carbocycles. The van der Waals surface area contributed by atoms with Gasteiger partial charge in [0.25, 0.3) is 0 Å². The molecule has 4 aliphatic rings. The van der Waals surface area contributed by atoms with E-state index in [2.05, 4.69) is 5.32 Å². The summed E-state index contributed by atoms with van der Waals surface area (Å²) in [6, 6.07) is -0.274. The van der Waals surface area contributed by atoms with Crippen molar-refractivity contribution in [3.8, 4) is 0 Å². The lowest BCUT2D eigenvalue weighted by molar-refractivity contribution is -0.147. The fourth-order valence-corrected chi connectivity index (χ4v) is 4.15. The summed E-state index contributed by atoms with van der Waals surface area (Å²) in [7, 11) is 0. The van der Waals surface area contributed by atoms with Crippen molar-refractivity contribution < 1.29 is 24.5 Å². The van der Waals surface area contributed by atoms with Crippen molar-refractivity contribution in [3.63, 3.8) is 0 Å². The van der Waals surface area contributed by atoms with Crippen LogP contribution in [-0.2, 0) is 9.53 Å². The average molecular weight is 282 g/mol. The molecule has 3 N–H and O–H groups in total. The molecule has 7 nitrogen and oxygen atoms in total. The van der Waals surface area contributed by atoms with Crippen molar-refractivity contribution >= 4 is 12.0 Å². The molecule has 0 radical (unpaired) electrons. The number of nitrogens with one attached hydrogen (secondary N) is 1. The predicted molar refractivity (Wildman–Crippen MR) is 65.9 cm³/mol. The van der Waals surface area contributed by atoms with Gasteiger partial charge in [-0.25, -0.2) is 4.79 Å². The minimum Gasteiger partial charge on any atom is -0.481 e. The molecule has 110 valence electrons. The Balaban J connectivity index is 1.37. The largest absolute Gasteiger partial charge is 0.481 e. The van der Waals surface area contributed by atoms with Crippen molar-refractivity contribution in [1.82, 2.24) is 10.2 Å². The number of likely N-dealkylation sites (tertiary alicyclic amines) is 1. The number of amides is 2. The van der Waals surface area contributed by atoms with E-state index in [0.717, 1.165) is 0 Å². The lowest BCUT2D eigenvalue weighted by atomic mass is 9.80. The number of nitrogens with zero attached hydrogens (tertiary/aromatic N) is 1. The molecule has 0 aromatic rings. The number of carboxylic acids is 1. The summed E-state index contributed by atoms with van der Waals surface area (Å²) in [4.78, 5) is 25.0. The van der Waals surface area contributed by atoms with Crippen LogP contribution in [0.2, 0.25) is 0 Å². The number of hydrogen-bond acceptors (Lipinski definition) is 4. The fraction of sp³-hybridized carbons (Fsp3) is 0.846. The molecular formula is C13H18N2O5. The molecule has 6 atom stereocenters. The highest BCUT2D eigenvalue weighted by atomic mass is 16.5. The number of carboxylic acid groups (broad SMARTS) is 1. The number of carbonyl (C=O) groups is 2. The summed E-state index contributed by atoms with van der Waals surface area (Å²) < 4.78 is 5.33. The number of fused-ring (bicyclic) bond motifs is 2. The monoisotopic (exact) mass is 282 g/mol. The summed E-state index contributed by atoms with van der Waals surface area (Å²) in [6.07, 6.45) is 0.679. The zero-order valence-electron chi connectivity index (χ0n) is 11.0. The summed E-state index contributed by atoms with van der Waals surface area (Å²) >= 11 is 0. The Morgan fingerprint density at radius 2 is 2.10 bits per heavy atom. The number of carbonyl (C=O) groups excluding carboxylic acids is 1. The number of ether oxygens (including phenoxy) is 1. The number of β-amino-alcohol motifs (C(OH)–C–C–N with tert-alkyl or cyclic N) is 1. The summed E-state index contributed by atoms with van der Waals surface area (Å²) in [5.74, 6) is -0.637. The third kappa shape index (κ3) is 1.47. The normalized spacial score (nSPS) is 48.2. The third-order valence-corrected chi connectivity index (χ3v) is 5.57. The van der Waals surface area contributed by atoms with Crippen LogP contribution < -0.4 is 5.32 Å². The van der Waals surface area contributed by atoms with Gasteiger partial charge in [0.2, 0.25) is 0 Å². The van der Waals surface area contributed by atoms with Crippen LogP contribution >= 0.6 is 0 Å². The zero-order valence-corrected chi connectivity index (χ0v) is 11.0. The molecule has 0 aromatic carbocycles. The molecule has 0 bridgehead atoms. The number of rotatable bonds is 2. The molecule has 2 aliphatic heterocycles. The first-order chi connectivity index (χ1) is 9.53. The van der Waals surface area contributed by atoms with E-state index in [9.17, 15) is 14.7 Å². The first-order valence-corrected chi connectivity index (χ1v) is 7.09. The molecular weight excluding hydrogens is 264 g/mol. The second-order valence-electron chi connectivity index (χ2n) is 6.52. The van der Waals surface area contributed by atoms with Crippen molar-refractivity contribution in [3.05, 3.63) is 0 Å². The molecule has 2 saturated heterocycles. The number of hydrogen-bond donors (Lipinski definition) is 3. The number of urea groups is 1. The zero-order chi connectivity index (χ0) is 14.1. The molecule has 4 fully saturated rings. The van der Waals surface area contributed by atoms with E-state index in [4.69, 9.17) is 9.84 Å². The van der Waals surface area contributed by atoms with Gasteiger partial charge in [-0.05, 0) is 18.8 Å². The minimum atomic E-state index is -0.742. The Kier molecular flexibility index (Phi) is 2.39. The van der Waals surface area contributed by atoms with Crippen LogP contribution in [0.5, 0.6) is 0 Å². The van der Waals surface area contributed by atoms with E-state index in [1.807, 2.05) is 0 Å². The molecule has 0 aromatic heterocycles. The average Bonchev–Trinajstić information content (AvgIpc) is 2.75. The first kappa shape index (κ1) is 12.4. The highest BCUT2D eigenvalue weighted by Gasteiger charge is 2.72. The summed E-state index contributed by atoms with van der Waals surface area (Å²) in [6.45, 7) is 1.32. The lowest BCUT2D eigenvalue weighted by Crippen LogP contribution is -2.53. The van der Waals surface area contributed by atoms with Gasteiger partial charge in [-0.15, -0.1) is 0 Å². The maximum atomic E-state index is 12.3. The van der Waals surface area contributed by atoms with Crippen LogP contribution in [0.15, 0.2) is 0 Å². The van der Waals surface area contributed by atoms with Gasteiger partial charge in [-0.1, -0.05) is 0 Å². The number of aliphatic hydroxyl groups is 1. The maximum absolute atomic E-state index is 12.3. The minimum absolute atomic E-state index is 0.0150. The molecule has 0 unspecified atom stereocenters. The number of aliphatic hydroxyl groups excluding tert-OH is 1. The van der Waals surface area contributed by atoms with Crippen LogP contribution in [-0.4, -0.2) is 65.1 Å². The van der Waals surface area contributed by atoms with Gasteiger partial charge in [0.05, 0.1) is 30.8 Å². The standard InChI is InChI=1S/C13H18N2O5/c16-10-3-15(9-5-20-4-6(9)10)12(19)14-8-2-13(11(17)18)1-7(8)13/h6-10,16H,1-5H2,(H,14,19)(H,17,18)/t6-,7+,8-,9+,10-,13+/m1/s1. The Hall–Kier alpha value is -1.34. The highest BCUT2D eigenvalue weighted by Crippen LogP contribution is 2.67. The molecule has 2 amide bonds. The van der Waals surface area contributed by atoms with Gasteiger partial charge >= 0.3 is 12.0 Å². The van der Waals surface area contributed by atoms with Crippen LogP contribution in [0.25, 0.3) is 0 Å². The van der Waals surface area contributed by atoms with E-state index in [-0.39, 0.29) is 30.0 Å². The van der Waals surface area contributed by atoms with Crippen molar-refractivity contribution in [2.75, 3.05) is 19.8 Å². The van der Waals surface area contributed by atoms with Crippen molar-refractivity contribution in [1.29, 1.82) is 0 Å². The third-order valence-electron chi connectivity index (χ3n) is 5.57. The van der Waals surface area contributed by atoms with E-state index in [0.29, 0.717) is 32.6 Å². The number of aliphatic carboxylic acids is 1. The SMILES string of the molecule is O=C(N[C@@H]1C[C@@]2(C(=O)O)C[C@@H]12)N1C[C@@H](O)[C@@H]2COC[C@@H]21. The molecule has 4 rings (SSSR count). The van der Waals surface area contributed by atoms with Gasteiger partial charge in [-0.3, -0.25) is 4.79 Å². The summed E-state index contributed by atoms with van der Waals surface area (Å²) in [5, 5.41) is 21.9. The molecule has 20 heavy (non-hydrogen) atoms. The Morgan fingerprint density at radius 1 is 1.30 bits per heavy atom. The molecule has 7 heteroatoms. The van der Waals surface area contributed by atoms with Gasteiger partial charge in [0.1, 0.15) is 0 Å². The van der Waals surface area contributed by atoms with E-state index in [1.54, 1.807) is 4.90 Å². The van der Waals surface area contributed by atoms with Crippen LogP contribution in [0.4, 0.5) is 4.79 Å².